The van der Waals surface area contributed by atoms with Gasteiger partial charge in [-0.3, -0.25) is 9.48 Å². The Bertz CT molecular complexity index is 1150. The Morgan fingerprint density at radius 1 is 1.24 bits per heavy atom. The van der Waals surface area contributed by atoms with E-state index in [1.54, 1.807) is 29.9 Å². The van der Waals surface area contributed by atoms with Gasteiger partial charge in [-0.15, -0.1) is 11.3 Å². The maximum Gasteiger partial charge on any atom is 0.292 e. The van der Waals surface area contributed by atoms with E-state index < -0.39 is 0 Å². The fraction of sp³-hybridized carbons (Fsp3) is 0.150. The van der Waals surface area contributed by atoms with Crippen molar-refractivity contribution in [2.24, 2.45) is 7.05 Å². The predicted molar refractivity (Wildman–Crippen MR) is 115 cm³/mol. The van der Waals surface area contributed by atoms with Crippen molar-refractivity contribution >= 4 is 39.0 Å². The van der Waals surface area contributed by atoms with Gasteiger partial charge in [-0.2, -0.15) is 5.10 Å². The van der Waals surface area contributed by atoms with Crippen molar-refractivity contribution in [3.63, 3.8) is 0 Å². The zero-order valence-electron chi connectivity index (χ0n) is 15.7. The predicted octanol–water partition coefficient (Wildman–Crippen LogP) is 5.22. The van der Waals surface area contributed by atoms with Gasteiger partial charge in [-0.05, 0) is 59.3 Å². The maximum absolute atomic E-state index is 12.3. The van der Waals surface area contributed by atoms with Crippen LogP contribution in [0, 0.1) is 0 Å². The summed E-state index contributed by atoms with van der Waals surface area (Å²) >= 11 is 4.69. The summed E-state index contributed by atoms with van der Waals surface area (Å²) in [6, 6.07) is 12.9. The number of benzene rings is 1. The van der Waals surface area contributed by atoms with Crippen molar-refractivity contribution in [1.82, 2.24) is 14.8 Å². The van der Waals surface area contributed by atoms with Crippen LogP contribution in [0.25, 0.3) is 22.0 Å². The minimum Gasteiger partial charge on any atom is -0.494 e. The number of furan rings is 1. The van der Waals surface area contributed by atoms with Crippen molar-refractivity contribution in [3.8, 4) is 27.7 Å². The number of ether oxygens (including phenoxy) is 1. The number of hydrogen-bond donors (Lipinski definition) is 1. The smallest absolute Gasteiger partial charge is 0.292 e. The van der Waals surface area contributed by atoms with Gasteiger partial charge in [0.25, 0.3) is 5.91 Å². The topological polar surface area (TPSA) is 82.2 Å². The molecule has 29 heavy (non-hydrogen) atoms. The lowest BCUT2D eigenvalue weighted by molar-refractivity contribution is 0.0994. The summed E-state index contributed by atoms with van der Waals surface area (Å²) in [5.41, 5.74) is 2.55. The third-order valence-electron chi connectivity index (χ3n) is 4.10. The van der Waals surface area contributed by atoms with Gasteiger partial charge in [-0.25, -0.2) is 4.98 Å². The highest BCUT2D eigenvalue weighted by Crippen LogP contribution is 2.30. The number of thiazole rings is 1. The Kier molecular flexibility index (Phi) is 5.50. The monoisotopic (exact) mass is 472 g/mol. The van der Waals surface area contributed by atoms with E-state index in [9.17, 15) is 4.79 Å². The van der Waals surface area contributed by atoms with Crippen LogP contribution >= 0.6 is 27.3 Å². The lowest BCUT2D eigenvalue weighted by Crippen LogP contribution is -2.13. The van der Waals surface area contributed by atoms with Gasteiger partial charge in [0.15, 0.2) is 10.4 Å². The van der Waals surface area contributed by atoms with Gasteiger partial charge in [0, 0.05) is 24.1 Å². The molecular weight excluding hydrogens is 456 g/mol. The molecule has 0 atom stereocenters. The number of rotatable bonds is 6. The number of carbonyl (C=O) groups excluding carboxylic acids is 1. The van der Waals surface area contributed by atoms with E-state index in [2.05, 4.69) is 31.3 Å². The normalized spacial score (nSPS) is 10.9. The van der Waals surface area contributed by atoms with Crippen molar-refractivity contribution in [2.45, 2.75) is 6.92 Å². The van der Waals surface area contributed by atoms with Crippen LogP contribution in [-0.2, 0) is 7.05 Å². The van der Waals surface area contributed by atoms with Crippen LogP contribution in [0.2, 0.25) is 0 Å². The first-order chi connectivity index (χ1) is 14.0. The van der Waals surface area contributed by atoms with Gasteiger partial charge in [0.1, 0.15) is 22.3 Å². The van der Waals surface area contributed by atoms with E-state index in [-0.39, 0.29) is 11.7 Å². The fourth-order valence-electron chi connectivity index (χ4n) is 2.72. The first kappa shape index (κ1) is 19.4. The second-order valence-electron chi connectivity index (χ2n) is 6.09. The number of hydrogen-bond acceptors (Lipinski definition) is 6. The van der Waals surface area contributed by atoms with Gasteiger partial charge in [0.05, 0.1) is 12.3 Å². The third kappa shape index (κ3) is 4.25. The van der Waals surface area contributed by atoms with E-state index in [0.717, 1.165) is 22.0 Å². The van der Waals surface area contributed by atoms with Crippen LogP contribution in [0.4, 0.5) is 5.82 Å². The Hall–Kier alpha value is -2.91. The summed E-state index contributed by atoms with van der Waals surface area (Å²) in [7, 11) is 1.76. The van der Waals surface area contributed by atoms with E-state index >= 15 is 0 Å². The first-order valence-corrected chi connectivity index (χ1v) is 10.5. The molecule has 1 aromatic carbocycles. The minimum atomic E-state index is -0.348. The molecule has 1 N–H and O–H groups in total. The molecule has 7 nitrogen and oxygen atoms in total. The van der Waals surface area contributed by atoms with Crippen LogP contribution in [-0.4, -0.2) is 27.3 Å². The summed E-state index contributed by atoms with van der Waals surface area (Å²) < 4.78 is 12.9. The van der Waals surface area contributed by atoms with Gasteiger partial charge >= 0.3 is 0 Å². The van der Waals surface area contributed by atoms with Crippen LogP contribution in [0.3, 0.4) is 0 Å². The molecule has 0 saturated carbocycles. The molecule has 1 amide bonds. The minimum absolute atomic E-state index is 0.214. The average Bonchev–Trinajstić information content (AvgIpc) is 3.43. The number of nitrogens with zero attached hydrogens (tertiary/aromatic N) is 3. The molecule has 0 spiro atoms. The van der Waals surface area contributed by atoms with E-state index in [4.69, 9.17) is 9.15 Å². The standard InChI is InChI=1S/C20H17BrN4O3S/c1-3-27-13-6-4-12(5-7-13)15-11-29-20(22-15)14-10-18(25(2)24-14)23-19(26)16-8-9-17(21)28-16/h4-11H,3H2,1-2H3,(H,23,26). The SMILES string of the molecule is CCOc1ccc(-c2csc(-c3cc(NC(=O)c4ccc(Br)o4)n(C)n3)n2)cc1. The highest BCUT2D eigenvalue weighted by atomic mass is 79.9. The number of amides is 1. The number of nitrogens with one attached hydrogen (secondary N) is 1. The molecule has 0 aliphatic rings. The molecule has 0 aliphatic carbocycles. The molecule has 0 radical (unpaired) electrons. The Balaban J connectivity index is 1.52. The average molecular weight is 473 g/mol. The van der Waals surface area contributed by atoms with Gasteiger partial charge in [0.2, 0.25) is 0 Å². The van der Waals surface area contributed by atoms with Crippen LogP contribution in [0.1, 0.15) is 17.5 Å². The number of halogens is 1. The van der Waals surface area contributed by atoms with Crippen molar-refractivity contribution in [1.29, 1.82) is 0 Å². The lowest BCUT2D eigenvalue weighted by Gasteiger charge is -2.03. The van der Waals surface area contributed by atoms with Crippen molar-refractivity contribution in [2.75, 3.05) is 11.9 Å². The molecule has 0 saturated heterocycles. The largest absolute Gasteiger partial charge is 0.494 e. The summed E-state index contributed by atoms with van der Waals surface area (Å²) in [6.45, 7) is 2.59. The Morgan fingerprint density at radius 2 is 2.03 bits per heavy atom. The number of aryl methyl sites for hydroxylation is 1. The molecule has 3 aromatic heterocycles. The number of aromatic nitrogens is 3. The Morgan fingerprint density at radius 3 is 2.72 bits per heavy atom. The highest BCUT2D eigenvalue weighted by molar-refractivity contribution is 9.10. The van der Waals surface area contributed by atoms with E-state index in [1.165, 1.54) is 11.3 Å². The van der Waals surface area contributed by atoms with E-state index in [1.807, 2.05) is 36.6 Å². The summed E-state index contributed by atoms with van der Waals surface area (Å²) in [6.07, 6.45) is 0. The van der Waals surface area contributed by atoms with E-state index in [0.29, 0.717) is 22.8 Å². The second kappa shape index (κ2) is 8.22. The summed E-state index contributed by atoms with van der Waals surface area (Å²) in [4.78, 5) is 17.0. The molecule has 0 unspecified atom stereocenters. The van der Waals surface area contributed by atoms with Crippen LogP contribution < -0.4 is 10.1 Å². The Labute approximate surface area is 179 Å². The van der Waals surface area contributed by atoms with Crippen molar-refractivity contribution < 1.29 is 13.9 Å². The molecule has 0 aliphatic heterocycles. The molecule has 9 heteroatoms. The van der Waals surface area contributed by atoms with Crippen LogP contribution in [0.5, 0.6) is 5.75 Å². The fourth-order valence-corrected chi connectivity index (χ4v) is 3.81. The quantitative estimate of drug-likeness (QED) is 0.416. The molecule has 0 bridgehead atoms. The zero-order valence-corrected chi connectivity index (χ0v) is 18.1. The van der Waals surface area contributed by atoms with Crippen molar-refractivity contribution in [3.05, 3.63) is 58.3 Å². The van der Waals surface area contributed by atoms with Crippen LogP contribution in [0.15, 0.2) is 56.9 Å². The third-order valence-corrected chi connectivity index (χ3v) is 5.39. The molecule has 3 heterocycles. The first-order valence-electron chi connectivity index (χ1n) is 8.83. The second-order valence-corrected chi connectivity index (χ2v) is 7.73. The molecule has 0 fully saturated rings. The molecule has 4 rings (SSSR count). The highest BCUT2D eigenvalue weighted by Gasteiger charge is 2.16. The van der Waals surface area contributed by atoms with Gasteiger partial charge in [-0.1, -0.05) is 0 Å². The molecule has 4 aromatic rings. The molecular formula is C20H17BrN4O3S. The molecule has 148 valence electrons. The summed E-state index contributed by atoms with van der Waals surface area (Å²) in [5.74, 6) is 1.25. The van der Waals surface area contributed by atoms with Gasteiger partial charge < -0.3 is 14.5 Å². The lowest BCUT2D eigenvalue weighted by atomic mass is 10.2. The summed E-state index contributed by atoms with van der Waals surface area (Å²) in [5, 5.41) is 10.0. The zero-order chi connectivity index (χ0) is 20.4. The maximum atomic E-state index is 12.3. The number of carbonyl (C=O) groups is 1. The number of anilines is 1.